The SMILES string of the molecule is O=[N+]([O-])c1cccc(O[C@H]2O[C@@H](CO)[C@H](O)[C@@H](O)[C@@H]2O)c1. The molecule has 9 heteroatoms. The molecule has 21 heavy (non-hydrogen) atoms. The van der Waals surface area contributed by atoms with E-state index in [-0.39, 0.29) is 11.4 Å². The van der Waals surface area contributed by atoms with Crippen LogP contribution in [0.15, 0.2) is 24.3 Å². The molecule has 9 nitrogen and oxygen atoms in total. The smallest absolute Gasteiger partial charge is 0.273 e. The number of benzene rings is 1. The first-order valence-corrected chi connectivity index (χ1v) is 6.15. The molecule has 2 rings (SSSR count). The van der Waals surface area contributed by atoms with E-state index in [1.54, 1.807) is 0 Å². The van der Waals surface area contributed by atoms with E-state index in [4.69, 9.17) is 14.6 Å². The number of aliphatic hydroxyl groups excluding tert-OH is 4. The molecule has 0 bridgehead atoms. The van der Waals surface area contributed by atoms with Gasteiger partial charge in [0.1, 0.15) is 30.2 Å². The van der Waals surface area contributed by atoms with Crippen molar-refractivity contribution in [2.45, 2.75) is 30.7 Å². The fourth-order valence-corrected chi connectivity index (χ4v) is 1.97. The number of aliphatic hydroxyl groups is 4. The first kappa shape index (κ1) is 15.6. The molecule has 1 aromatic rings. The second kappa shape index (κ2) is 6.33. The largest absolute Gasteiger partial charge is 0.462 e. The highest BCUT2D eigenvalue weighted by Crippen LogP contribution is 2.26. The van der Waals surface area contributed by atoms with Crippen LogP contribution in [-0.4, -0.2) is 62.7 Å². The summed E-state index contributed by atoms with van der Waals surface area (Å²) >= 11 is 0. The number of nitrogens with zero attached hydrogens (tertiary/aromatic N) is 1. The van der Waals surface area contributed by atoms with Gasteiger partial charge in [0.05, 0.1) is 17.6 Å². The van der Waals surface area contributed by atoms with Gasteiger partial charge in [-0.3, -0.25) is 10.1 Å². The summed E-state index contributed by atoms with van der Waals surface area (Å²) < 4.78 is 10.4. The third kappa shape index (κ3) is 3.28. The highest BCUT2D eigenvalue weighted by molar-refractivity contribution is 5.38. The minimum absolute atomic E-state index is 0.0496. The van der Waals surface area contributed by atoms with Gasteiger partial charge in [0.15, 0.2) is 0 Å². The zero-order valence-electron chi connectivity index (χ0n) is 10.8. The number of hydrogen-bond donors (Lipinski definition) is 4. The van der Waals surface area contributed by atoms with Crippen LogP contribution in [-0.2, 0) is 4.74 Å². The molecule has 1 fully saturated rings. The van der Waals surface area contributed by atoms with Gasteiger partial charge in [-0.25, -0.2) is 0 Å². The second-order valence-electron chi connectivity index (χ2n) is 4.57. The van der Waals surface area contributed by atoms with Crippen molar-refractivity contribution in [3.8, 4) is 5.75 Å². The summed E-state index contributed by atoms with van der Waals surface area (Å²) in [4.78, 5) is 10.1. The van der Waals surface area contributed by atoms with Crippen molar-refractivity contribution in [1.82, 2.24) is 0 Å². The fourth-order valence-electron chi connectivity index (χ4n) is 1.97. The molecule has 1 aromatic carbocycles. The highest BCUT2D eigenvalue weighted by Gasteiger charge is 2.44. The van der Waals surface area contributed by atoms with E-state index >= 15 is 0 Å². The Morgan fingerprint density at radius 2 is 1.95 bits per heavy atom. The van der Waals surface area contributed by atoms with Crippen LogP contribution in [0.4, 0.5) is 5.69 Å². The van der Waals surface area contributed by atoms with Gasteiger partial charge in [0.2, 0.25) is 6.29 Å². The topological polar surface area (TPSA) is 143 Å². The van der Waals surface area contributed by atoms with Crippen LogP contribution < -0.4 is 4.74 Å². The number of rotatable bonds is 4. The predicted molar refractivity (Wildman–Crippen MR) is 67.5 cm³/mol. The average Bonchev–Trinajstić information content (AvgIpc) is 2.48. The second-order valence-corrected chi connectivity index (χ2v) is 4.57. The van der Waals surface area contributed by atoms with Gasteiger partial charge in [0.25, 0.3) is 5.69 Å². The lowest BCUT2D eigenvalue weighted by molar-refractivity contribution is -0.385. The van der Waals surface area contributed by atoms with Crippen LogP contribution in [0.25, 0.3) is 0 Å². The van der Waals surface area contributed by atoms with Crippen LogP contribution >= 0.6 is 0 Å². The summed E-state index contributed by atoms with van der Waals surface area (Å²) in [7, 11) is 0. The molecule has 4 N–H and O–H groups in total. The molecule has 0 amide bonds. The summed E-state index contributed by atoms with van der Waals surface area (Å²) in [6, 6.07) is 5.19. The van der Waals surface area contributed by atoms with Crippen LogP contribution in [0.5, 0.6) is 5.75 Å². The van der Waals surface area contributed by atoms with E-state index in [0.29, 0.717) is 0 Å². The third-order valence-corrected chi connectivity index (χ3v) is 3.13. The Morgan fingerprint density at radius 3 is 2.57 bits per heavy atom. The molecule has 0 aromatic heterocycles. The van der Waals surface area contributed by atoms with E-state index in [1.165, 1.54) is 18.2 Å². The van der Waals surface area contributed by atoms with Crippen molar-refractivity contribution < 1.29 is 34.8 Å². The third-order valence-electron chi connectivity index (χ3n) is 3.13. The van der Waals surface area contributed by atoms with Gasteiger partial charge < -0.3 is 29.9 Å². The lowest BCUT2D eigenvalue weighted by Gasteiger charge is -2.39. The van der Waals surface area contributed by atoms with Gasteiger partial charge in [-0.2, -0.15) is 0 Å². The lowest BCUT2D eigenvalue weighted by atomic mass is 9.99. The molecular weight excluding hydrogens is 286 g/mol. The normalized spacial score (nSPS) is 32.7. The molecule has 0 radical (unpaired) electrons. The van der Waals surface area contributed by atoms with Gasteiger partial charge in [0, 0.05) is 6.07 Å². The minimum Gasteiger partial charge on any atom is -0.462 e. The molecule has 1 aliphatic rings. The Kier molecular flexibility index (Phi) is 4.70. The summed E-state index contributed by atoms with van der Waals surface area (Å²) in [6.45, 7) is -0.584. The van der Waals surface area contributed by atoms with E-state index in [9.17, 15) is 25.4 Å². The number of nitro benzene ring substituents is 1. The molecule has 1 heterocycles. The van der Waals surface area contributed by atoms with Crippen molar-refractivity contribution >= 4 is 5.69 Å². The van der Waals surface area contributed by atoms with Crippen molar-refractivity contribution in [3.63, 3.8) is 0 Å². The first-order chi connectivity index (χ1) is 9.93. The zero-order valence-corrected chi connectivity index (χ0v) is 10.8. The van der Waals surface area contributed by atoms with E-state index < -0.39 is 42.2 Å². The average molecular weight is 301 g/mol. The van der Waals surface area contributed by atoms with Crippen LogP contribution in [0, 0.1) is 10.1 Å². The Balaban J connectivity index is 2.14. The van der Waals surface area contributed by atoms with Gasteiger partial charge in [-0.15, -0.1) is 0 Å². The highest BCUT2D eigenvalue weighted by atomic mass is 16.7. The number of hydrogen-bond acceptors (Lipinski definition) is 8. The van der Waals surface area contributed by atoms with Crippen LogP contribution in [0.1, 0.15) is 0 Å². The maximum atomic E-state index is 10.7. The minimum atomic E-state index is -1.57. The Labute approximate surface area is 119 Å². The fraction of sp³-hybridized carbons (Fsp3) is 0.500. The summed E-state index contributed by atoms with van der Waals surface area (Å²) in [6.07, 6.45) is -7.11. The van der Waals surface area contributed by atoms with Gasteiger partial charge in [-0.1, -0.05) is 6.07 Å². The zero-order chi connectivity index (χ0) is 15.6. The van der Waals surface area contributed by atoms with Crippen molar-refractivity contribution in [2.24, 2.45) is 0 Å². The number of nitro groups is 1. The van der Waals surface area contributed by atoms with Gasteiger partial charge >= 0.3 is 0 Å². The summed E-state index contributed by atoms with van der Waals surface area (Å²) in [5.41, 5.74) is -0.211. The summed E-state index contributed by atoms with van der Waals surface area (Å²) in [5, 5.41) is 48.7. The molecule has 0 saturated carbocycles. The molecule has 1 aliphatic heterocycles. The maximum Gasteiger partial charge on any atom is 0.273 e. The number of ether oxygens (including phenoxy) is 2. The Hall–Kier alpha value is -1.78. The summed E-state index contributed by atoms with van der Waals surface area (Å²) in [5.74, 6) is 0.0496. The quantitative estimate of drug-likeness (QED) is 0.400. The molecular formula is C12H15NO8. The molecule has 116 valence electrons. The molecule has 5 atom stereocenters. The molecule has 1 saturated heterocycles. The molecule has 0 unspecified atom stereocenters. The van der Waals surface area contributed by atoms with E-state index in [0.717, 1.165) is 6.07 Å². The maximum absolute atomic E-state index is 10.7. The standard InChI is InChI=1S/C12H15NO8/c14-5-8-9(15)10(16)11(17)12(21-8)20-7-3-1-2-6(4-7)13(18)19/h1-4,8-12,14-17H,5H2/t8-,9-,10+,11-,12-/m0/s1. The Bertz CT molecular complexity index is 508. The first-order valence-electron chi connectivity index (χ1n) is 6.15. The lowest BCUT2D eigenvalue weighted by Crippen LogP contribution is -2.60. The van der Waals surface area contributed by atoms with E-state index in [1.807, 2.05) is 0 Å². The Morgan fingerprint density at radius 1 is 1.24 bits per heavy atom. The van der Waals surface area contributed by atoms with Crippen molar-refractivity contribution in [1.29, 1.82) is 0 Å². The van der Waals surface area contributed by atoms with Crippen molar-refractivity contribution in [3.05, 3.63) is 34.4 Å². The molecule has 0 spiro atoms. The molecule has 0 aliphatic carbocycles. The van der Waals surface area contributed by atoms with E-state index in [2.05, 4.69) is 0 Å². The monoisotopic (exact) mass is 301 g/mol. The van der Waals surface area contributed by atoms with Crippen molar-refractivity contribution in [2.75, 3.05) is 6.61 Å². The van der Waals surface area contributed by atoms with Gasteiger partial charge in [-0.05, 0) is 6.07 Å². The predicted octanol–water partition coefficient (Wildman–Crippen LogP) is -1.23. The van der Waals surface area contributed by atoms with Crippen LogP contribution in [0.3, 0.4) is 0 Å². The number of non-ortho nitro benzene ring substituents is 1. The van der Waals surface area contributed by atoms with Crippen LogP contribution in [0.2, 0.25) is 0 Å².